The van der Waals surface area contributed by atoms with Gasteiger partial charge in [0.05, 0.1) is 18.8 Å². The minimum atomic E-state index is -0.858. The normalized spacial score (nSPS) is 12.9. The fraction of sp³-hybridized carbons (Fsp3) is 0.912. The van der Waals surface area contributed by atoms with Crippen molar-refractivity contribution in [3.63, 3.8) is 0 Å². The van der Waals surface area contributed by atoms with Gasteiger partial charge in [-0.3, -0.25) is 4.79 Å². The number of nitrogens with one attached hydrogen (secondary N) is 1. The smallest absolute Gasteiger partial charge is 0.220 e. The van der Waals surface area contributed by atoms with E-state index in [9.17, 15) is 15.0 Å². The first-order valence-corrected chi connectivity index (χ1v) is 28.1. The zero-order valence-electron chi connectivity index (χ0n) is 41.7. The van der Waals surface area contributed by atoms with Gasteiger partial charge in [0.2, 0.25) is 5.91 Å². The topological polar surface area (TPSA) is 69.6 Å². The average Bonchev–Trinajstić information content (AvgIpc) is 3.26. The number of aliphatic hydroxyl groups is 2. The maximum atomic E-state index is 12.4. The van der Waals surface area contributed by atoms with Crippen LogP contribution in [-0.2, 0) is 4.79 Å². The fourth-order valence-electron chi connectivity index (χ4n) is 8.90. The zero-order valence-corrected chi connectivity index (χ0v) is 41.7. The van der Waals surface area contributed by atoms with Crippen molar-refractivity contribution in [1.82, 2.24) is 5.32 Å². The first kappa shape index (κ1) is 59.9. The number of unbranched alkanes of at least 4 members (excludes halogenated alkanes) is 43. The molecule has 0 aromatic heterocycles. The summed E-state index contributed by atoms with van der Waals surface area (Å²) >= 11 is 0. The molecule has 0 rings (SSSR count). The van der Waals surface area contributed by atoms with Crippen LogP contribution in [0.1, 0.15) is 316 Å². The molecule has 0 heterocycles. The van der Waals surface area contributed by atoms with Gasteiger partial charge in [-0.25, -0.2) is 0 Å². The van der Waals surface area contributed by atoms with Crippen molar-refractivity contribution in [1.29, 1.82) is 0 Å². The van der Waals surface area contributed by atoms with Crippen LogP contribution in [0.25, 0.3) is 0 Å². The Labute approximate surface area is 383 Å². The van der Waals surface area contributed by atoms with Crippen molar-refractivity contribution in [3.05, 3.63) is 24.3 Å². The second-order valence-corrected chi connectivity index (χ2v) is 19.4. The molecule has 61 heavy (non-hydrogen) atoms. The van der Waals surface area contributed by atoms with Crippen LogP contribution in [0.2, 0.25) is 0 Å². The maximum Gasteiger partial charge on any atom is 0.220 e. The van der Waals surface area contributed by atoms with Crippen LogP contribution in [0.5, 0.6) is 0 Å². The Balaban J connectivity index is 3.39. The molecule has 1 amide bonds. The summed E-state index contributed by atoms with van der Waals surface area (Å²) < 4.78 is 0. The van der Waals surface area contributed by atoms with Gasteiger partial charge < -0.3 is 15.5 Å². The lowest BCUT2D eigenvalue weighted by atomic mass is 10.0. The molecule has 0 aliphatic carbocycles. The Morgan fingerprint density at radius 3 is 0.951 bits per heavy atom. The molecule has 4 nitrogen and oxygen atoms in total. The van der Waals surface area contributed by atoms with Crippen molar-refractivity contribution < 1.29 is 15.0 Å². The van der Waals surface area contributed by atoms with E-state index in [2.05, 4.69) is 31.3 Å². The Morgan fingerprint density at radius 2 is 0.639 bits per heavy atom. The van der Waals surface area contributed by atoms with Crippen molar-refractivity contribution in [3.8, 4) is 0 Å². The monoisotopic (exact) mass is 858 g/mol. The summed E-state index contributed by atoms with van der Waals surface area (Å²) in [5, 5.41) is 23.0. The molecule has 0 spiro atoms. The SMILES string of the molecule is CCCCCCCCCC/C=C/CC/C=C/C(O)C(CO)NC(=O)CCCCCCCCCCCCCCCCCCCCCCCCCCCCCCCCCCCCC. The highest BCUT2D eigenvalue weighted by molar-refractivity contribution is 5.76. The predicted octanol–water partition coefficient (Wildman–Crippen LogP) is 18.3. The molecular weight excluding hydrogens is 747 g/mol. The van der Waals surface area contributed by atoms with Gasteiger partial charge in [-0.2, -0.15) is 0 Å². The van der Waals surface area contributed by atoms with Crippen molar-refractivity contribution >= 4 is 5.91 Å². The quantitative estimate of drug-likeness (QED) is 0.0422. The lowest BCUT2D eigenvalue weighted by Gasteiger charge is -2.19. The van der Waals surface area contributed by atoms with E-state index in [1.165, 1.54) is 263 Å². The molecular formula is C57H111NO3. The van der Waals surface area contributed by atoms with E-state index >= 15 is 0 Å². The van der Waals surface area contributed by atoms with Crippen LogP contribution >= 0.6 is 0 Å². The average molecular weight is 859 g/mol. The molecule has 0 aromatic carbocycles. The van der Waals surface area contributed by atoms with Crippen LogP contribution in [-0.4, -0.2) is 34.9 Å². The Kier molecular flexibility index (Phi) is 52.2. The van der Waals surface area contributed by atoms with Gasteiger partial charge in [-0.1, -0.05) is 301 Å². The van der Waals surface area contributed by atoms with Gasteiger partial charge in [0, 0.05) is 6.42 Å². The number of carbonyl (C=O) groups excluding carboxylic acids is 1. The third-order valence-electron chi connectivity index (χ3n) is 13.2. The highest BCUT2D eigenvalue weighted by atomic mass is 16.3. The number of rotatable bonds is 52. The molecule has 3 N–H and O–H groups in total. The van der Waals surface area contributed by atoms with E-state index in [1.54, 1.807) is 6.08 Å². The molecule has 0 fully saturated rings. The minimum absolute atomic E-state index is 0.0681. The number of allylic oxidation sites excluding steroid dienone is 3. The van der Waals surface area contributed by atoms with E-state index in [-0.39, 0.29) is 12.5 Å². The van der Waals surface area contributed by atoms with E-state index in [0.29, 0.717) is 6.42 Å². The lowest BCUT2D eigenvalue weighted by molar-refractivity contribution is -0.123. The van der Waals surface area contributed by atoms with Gasteiger partial charge in [-0.05, 0) is 32.1 Å². The zero-order chi connectivity index (χ0) is 44.2. The Bertz CT molecular complexity index is 886. The van der Waals surface area contributed by atoms with Crippen LogP contribution < -0.4 is 5.32 Å². The van der Waals surface area contributed by atoms with Crippen LogP contribution in [0, 0.1) is 0 Å². The molecule has 2 unspecified atom stereocenters. The minimum Gasteiger partial charge on any atom is -0.394 e. The molecule has 0 saturated carbocycles. The molecule has 0 aromatic rings. The van der Waals surface area contributed by atoms with E-state index in [1.807, 2.05) is 6.08 Å². The van der Waals surface area contributed by atoms with Gasteiger partial charge in [0.15, 0.2) is 0 Å². The highest BCUT2D eigenvalue weighted by Gasteiger charge is 2.18. The highest BCUT2D eigenvalue weighted by Crippen LogP contribution is 2.18. The summed E-state index contributed by atoms with van der Waals surface area (Å²) in [5.74, 6) is -0.0681. The van der Waals surface area contributed by atoms with Gasteiger partial charge in [-0.15, -0.1) is 0 Å². The van der Waals surface area contributed by atoms with Crippen molar-refractivity contribution in [2.24, 2.45) is 0 Å². The number of amides is 1. The number of carbonyl (C=O) groups is 1. The summed E-state index contributed by atoms with van der Waals surface area (Å²) in [4.78, 5) is 12.4. The summed E-state index contributed by atoms with van der Waals surface area (Å²) in [6.07, 6.45) is 70.7. The summed E-state index contributed by atoms with van der Waals surface area (Å²) in [5.41, 5.74) is 0. The third-order valence-corrected chi connectivity index (χ3v) is 13.2. The molecule has 2 atom stereocenters. The molecule has 0 bridgehead atoms. The summed E-state index contributed by atoms with van der Waals surface area (Å²) in [7, 11) is 0. The number of hydrogen-bond donors (Lipinski definition) is 3. The van der Waals surface area contributed by atoms with Crippen molar-refractivity contribution in [2.45, 2.75) is 328 Å². The lowest BCUT2D eigenvalue weighted by Crippen LogP contribution is -2.45. The molecule has 0 saturated heterocycles. The summed E-state index contributed by atoms with van der Waals surface area (Å²) in [6.45, 7) is 4.32. The van der Waals surface area contributed by atoms with Gasteiger partial charge in [0.25, 0.3) is 0 Å². The fourth-order valence-corrected chi connectivity index (χ4v) is 8.90. The summed E-state index contributed by atoms with van der Waals surface area (Å²) in [6, 6.07) is -0.635. The van der Waals surface area contributed by atoms with Crippen LogP contribution in [0.15, 0.2) is 24.3 Å². The largest absolute Gasteiger partial charge is 0.394 e. The first-order chi connectivity index (χ1) is 30.2. The van der Waals surface area contributed by atoms with Gasteiger partial charge in [0.1, 0.15) is 0 Å². The molecule has 0 aliphatic rings. The van der Waals surface area contributed by atoms with E-state index in [0.717, 1.165) is 32.1 Å². The first-order valence-electron chi connectivity index (χ1n) is 28.1. The Hall–Kier alpha value is -1.13. The second-order valence-electron chi connectivity index (χ2n) is 19.4. The third kappa shape index (κ3) is 49.7. The van der Waals surface area contributed by atoms with Crippen LogP contribution in [0.4, 0.5) is 0 Å². The molecule has 0 aliphatic heterocycles. The maximum absolute atomic E-state index is 12.4. The Morgan fingerprint density at radius 1 is 0.377 bits per heavy atom. The van der Waals surface area contributed by atoms with E-state index < -0.39 is 12.1 Å². The number of hydrogen-bond acceptors (Lipinski definition) is 3. The van der Waals surface area contributed by atoms with Crippen molar-refractivity contribution in [2.75, 3.05) is 6.61 Å². The number of aliphatic hydroxyl groups excluding tert-OH is 2. The van der Waals surface area contributed by atoms with Crippen LogP contribution in [0.3, 0.4) is 0 Å². The predicted molar refractivity (Wildman–Crippen MR) is 272 cm³/mol. The second kappa shape index (κ2) is 53.2. The van der Waals surface area contributed by atoms with Gasteiger partial charge >= 0.3 is 0 Å². The molecule has 4 heteroatoms. The standard InChI is InChI=1S/C57H111NO3/c1-3-5-7-9-11-13-15-17-19-20-21-22-23-24-25-26-27-28-29-30-31-32-33-34-35-36-37-38-39-41-43-45-47-49-51-53-57(61)58-55(54-59)56(60)52-50-48-46-44-42-40-18-16-14-12-10-8-6-4-2/h42,44,50,52,55-56,59-60H,3-41,43,45-49,51,53-54H2,1-2H3,(H,58,61)/b44-42+,52-50+. The van der Waals surface area contributed by atoms with E-state index in [4.69, 9.17) is 0 Å². The molecule has 0 radical (unpaired) electrons. The molecule has 362 valence electrons.